The number of halogens is 1. The van der Waals surface area contributed by atoms with E-state index in [1.165, 1.54) is 11.1 Å². The summed E-state index contributed by atoms with van der Waals surface area (Å²) in [5.41, 5.74) is 5.93. The lowest BCUT2D eigenvalue weighted by Crippen LogP contribution is -2.44. The first-order valence-corrected chi connectivity index (χ1v) is 8.92. The fourth-order valence-electron chi connectivity index (χ4n) is 3.83. The lowest BCUT2D eigenvalue weighted by atomic mass is 9.78. The third-order valence-electron chi connectivity index (χ3n) is 5.37. The molecular weight excluding hydrogens is 311 g/mol. The topological polar surface area (TPSA) is 15.6 Å². The monoisotopic (exact) mass is 338 g/mol. The number of fused-ring (bicyclic) bond motifs is 1. The van der Waals surface area contributed by atoms with Crippen LogP contribution in [0.2, 0.25) is 0 Å². The summed E-state index contributed by atoms with van der Waals surface area (Å²) in [6.45, 7) is 10.5. The number of benzene rings is 2. The molecule has 0 radical (unpaired) electrons. The predicted octanol–water partition coefficient (Wildman–Crippen LogP) is 5.51. The minimum Gasteiger partial charge on any atom is -0.352 e. The van der Waals surface area contributed by atoms with Gasteiger partial charge in [-0.3, -0.25) is 0 Å². The molecule has 0 bridgehead atoms. The molecule has 3 heteroatoms. The predicted molar refractivity (Wildman–Crippen MR) is 103 cm³/mol. The summed E-state index contributed by atoms with van der Waals surface area (Å²) in [7, 11) is 2.04. The summed E-state index contributed by atoms with van der Waals surface area (Å²) in [5.74, 6) is 0.424. The number of hydrogen-bond donors (Lipinski definition) is 0. The second kappa shape index (κ2) is 6.29. The average molecular weight is 338 g/mol. The highest BCUT2D eigenvalue weighted by atomic mass is 19.1. The fraction of sp³-hybridized carbons (Fsp3) is 0.409. The zero-order chi connectivity index (χ0) is 18.4. The van der Waals surface area contributed by atoms with Gasteiger partial charge in [-0.15, -0.1) is 0 Å². The van der Waals surface area contributed by atoms with Crippen molar-refractivity contribution in [3.05, 3.63) is 64.0 Å². The van der Waals surface area contributed by atoms with Gasteiger partial charge in [-0.1, -0.05) is 38.1 Å². The maximum Gasteiger partial charge on any atom is 0.126 e. The molecule has 1 unspecified atom stereocenters. The molecular formula is C22H27FN2. The Hall–Kier alpha value is -2.16. The van der Waals surface area contributed by atoms with Gasteiger partial charge < -0.3 is 4.90 Å². The molecule has 2 nitrogen and oxygen atoms in total. The number of nitrogens with zero attached hydrogens (tertiary/aromatic N) is 2. The van der Waals surface area contributed by atoms with Gasteiger partial charge >= 0.3 is 0 Å². The first kappa shape index (κ1) is 17.7. The highest BCUT2D eigenvalue weighted by Crippen LogP contribution is 2.45. The molecule has 0 aromatic heterocycles. The molecule has 1 aliphatic heterocycles. The first-order chi connectivity index (χ1) is 11.7. The molecule has 0 amide bonds. The summed E-state index contributed by atoms with van der Waals surface area (Å²) in [6.07, 6.45) is 2.91. The van der Waals surface area contributed by atoms with Crippen molar-refractivity contribution in [2.45, 2.75) is 46.6 Å². The van der Waals surface area contributed by atoms with E-state index in [9.17, 15) is 4.39 Å². The van der Waals surface area contributed by atoms with Gasteiger partial charge in [0.2, 0.25) is 0 Å². The number of rotatable bonds is 3. The molecule has 2 aromatic carbocycles. The average Bonchev–Trinajstić information content (AvgIpc) is 2.54. The lowest BCUT2D eigenvalue weighted by Gasteiger charge is -2.43. The van der Waals surface area contributed by atoms with Crippen LogP contribution in [0.5, 0.6) is 0 Å². The summed E-state index contributed by atoms with van der Waals surface area (Å²) < 4.78 is 14.0. The van der Waals surface area contributed by atoms with E-state index in [0.717, 1.165) is 23.2 Å². The Balaban J connectivity index is 2.25. The van der Waals surface area contributed by atoms with Gasteiger partial charge in [-0.2, -0.15) is 0 Å². The van der Waals surface area contributed by atoms with Crippen molar-refractivity contribution in [2.24, 2.45) is 10.9 Å². The van der Waals surface area contributed by atoms with Gasteiger partial charge in [0.1, 0.15) is 5.82 Å². The summed E-state index contributed by atoms with van der Waals surface area (Å²) in [5, 5.41) is 0. The van der Waals surface area contributed by atoms with Gasteiger partial charge in [-0.05, 0) is 61.4 Å². The normalized spacial score (nSPS) is 19.4. The smallest absolute Gasteiger partial charge is 0.126 e. The van der Waals surface area contributed by atoms with Crippen LogP contribution in [0, 0.1) is 25.6 Å². The van der Waals surface area contributed by atoms with E-state index in [-0.39, 0.29) is 11.4 Å². The Morgan fingerprint density at radius 2 is 1.84 bits per heavy atom. The standard InChI is InChI=1S/C22H27FN2/c1-14(2)10-17-8-7-9-18-21(17)24-13-25(6)22(18,5)19-11-16(4)20(23)12-15(19)3/h7-9,11-14H,10H2,1-6H3. The molecule has 0 fully saturated rings. The molecule has 0 spiro atoms. The molecule has 2 aromatic rings. The quantitative estimate of drug-likeness (QED) is 0.720. The Kier molecular flexibility index (Phi) is 4.44. The number of para-hydroxylation sites is 1. The summed E-state index contributed by atoms with van der Waals surface area (Å²) >= 11 is 0. The maximum atomic E-state index is 14.0. The maximum absolute atomic E-state index is 14.0. The van der Waals surface area contributed by atoms with Crippen LogP contribution in [0.4, 0.5) is 10.1 Å². The largest absolute Gasteiger partial charge is 0.352 e. The van der Waals surface area contributed by atoms with Crippen molar-refractivity contribution in [3.63, 3.8) is 0 Å². The van der Waals surface area contributed by atoms with E-state index in [4.69, 9.17) is 4.99 Å². The van der Waals surface area contributed by atoms with E-state index in [0.29, 0.717) is 11.5 Å². The molecule has 0 saturated heterocycles. The molecule has 1 aliphatic rings. The minimum absolute atomic E-state index is 0.147. The molecule has 1 heterocycles. The molecule has 25 heavy (non-hydrogen) atoms. The number of aliphatic imine (C=N–C) groups is 1. The molecule has 1 atom stereocenters. The highest BCUT2D eigenvalue weighted by Gasteiger charge is 2.38. The van der Waals surface area contributed by atoms with Crippen LogP contribution in [0.3, 0.4) is 0 Å². The third-order valence-corrected chi connectivity index (χ3v) is 5.37. The summed E-state index contributed by atoms with van der Waals surface area (Å²) in [4.78, 5) is 6.88. The van der Waals surface area contributed by atoms with Crippen molar-refractivity contribution >= 4 is 12.0 Å². The van der Waals surface area contributed by atoms with Gasteiger partial charge in [0.05, 0.1) is 17.6 Å². The van der Waals surface area contributed by atoms with E-state index < -0.39 is 0 Å². The Morgan fingerprint density at radius 1 is 1.12 bits per heavy atom. The SMILES string of the molecule is Cc1cc(C2(C)c3cccc(CC(C)C)c3N=CN2C)c(C)cc1F. The fourth-order valence-corrected chi connectivity index (χ4v) is 3.83. The minimum atomic E-state index is -0.368. The van der Waals surface area contributed by atoms with Crippen molar-refractivity contribution in [2.75, 3.05) is 7.05 Å². The third kappa shape index (κ3) is 2.86. The zero-order valence-corrected chi connectivity index (χ0v) is 16.0. The Labute approximate surface area is 150 Å². The highest BCUT2D eigenvalue weighted by molar-refractivity contribution is 5.74. The molecule has 0 N–H and O–H groups in total. The number of hydrogen-bond acceptors (Lipinski definition) is 2. The van der Waals surface area contributed by atoms with Crippen LogP contribution >= 0.6 is 0 Å². The van der Waals surface area contributed by atoms with Gasteiger partial charge in [-0.25, -0.2) is 9.38 Å². The van der Waals surface area contributed by atoms with Gasteiger partial charge in [0.15, 0.2) is 0 Å². The molecule has 132 valence electrons. The zero-order valence-electron chi connectivity index (χ0n) is 16.0. The van der Waals surface area contributed by atoms with E-state index in [2.05, 4.69) is 43.9 Å². The Morgan fingerprint density at radius 3 is 2.52 bits per heavy atom. The van der Waals surface area contributed by atoms with Crippen molar-refractivity contribution in [3.8, 4) is 0 Å². The molecule has 3 rings (SSSR count). The van der Waals surface area contributed by atoms with Crippen LogP contribution in [-0.2, 0) is 12.0 Å². The van der Waals surface area contributed by atoms with Crippen molar-refractivity contribution < 1.29 is 4.39 Å². The van der Waals surface area contributed by atoms with Gasteiger partial charge in [0, 0.05) is 12.6 Å². The summed E-state index contributed by atoms with van der Waals surface area (Å²) in [6, 6.07) is 10.1. The van der Waals surface area contributed by atoms with Crippen molar-refractivity contribution in [1.29, 1.82) is 0 Å². The molecule has 0 saturated carbocycles. The van der Waals surface area contributed by atoms with Crippen LogP contribution in [-0.4, -0.2) is 18.3 Å². The van der Waals surface area contributed by atoms with Crippen LogP contribution in [0.1, 0.15) is 48.6 Å². The second-order valence-corrected chi connectivity index (χ2v) is 7.76. The first-order valence-electron chi connectivity index (χ1n) is 8.92. The number of aryl methyl sites for hydroxylation is 2. The van der Waals surface area contributed by atoms with Gasteiger partial charge in [0.25, 0.3) is 0 Å². The van der Waals surface area contributed by atoms with E-state index >= 15 is 0 Å². The van der Waals surface area contributed by atoms with E-state index in [1.54, 1.807) is 6.07 Å². The van der Waals surface area contributed by atoms with Crippen molar-refractivity contribution in [1.82, 2.24) is 4.90 Å². The van der Waals surface area contributed by atoms with E-state index in [1.807, 2.05) is 33.3 Å². The Bertz CT molecular complexity index is 838. The lowest BCUT2D eigenvalue weighted by molar-refractivity contribution is 0.290. The second-order valence-electron chi connectivity index (χ2n) is 7.76. The van der Waals surface area contributed by atoms with Crippen LogP contribution in [0.25, 0.3) is 0 Å². The van der Waals surface area contributed by atoms with Crippen LogP contribution in [0.15, 0.2) is 35.3 Å². The van der Waals surface area contributed by atoms with Crippen LogP contribution < -0.4 is 0 Å². The molecule has 0 aliphatic carbocycles.